The Morgan fingerprint density at radius 2 is 2.12 bits per heavy atom. The van der Waals surface area contributed by atoms with Crippen LogP contribution in [0.5, 0.6) is 5.75 Å². The van der Waals surface area contributed by atoms with Crippen LogP contribution in [0.15, 0.2) is 34.9 Å². The highest BCUT2D eigenvalue weighted by molar-refractivity contribution is 5.69. The van der Waals surface area contributed by atoms with Crippen molar-refractivity contribution in [3.8, 4) is 17.1 Å². The highest BCUT2D eigenvalue weighted by Gasteiger charge is 2.05. The second kappa shape index (κ2) is 5.27. The Morgan fingerprint density at radius 3 is 2.71 bits per heavy atom. The summed E-state index contributed by atoms with van der Waals surface area (Å²) in [6.07, 6.45) is 2.08. The van der Waals surface area contributed by atoms with Crippen molar-refractivity contribution in [2.75, 3.05) is 13.9 Å². The van der Waals surface area contributed by atoms with Gasteiger partial charge in [-0.1, -0.05) is 0 Å². The van der Waals surface area contributed by atoms with Crippen LogP contribution >= 0.6 is 0 Å². The van der Waals surface area contributed by atoms with Gasteiger partial charge in [-0.25, -0.2) is 4.98 Å². The van der Waals surface area contributed by atoms with Crippen LogP contribution in [0.1, 0.15) is 10.7 Å². The predicted octanol–water partition coefficient (Wildman–Crippen LogP) is 2.14. The van der Waals surface area contributed by atoms with Gasteiger partial charge in [-0.3, -0.25) is 4.79 Å². The molecule has 17 heavy (non-hydrogen) atoms. The van der Waals surface area contributed by atoms with E-state index in [1.807, 2.05) is 12.1 Å². The van der Waals surface area contributed by atoms with E-state index in [1.54, 1.807) is 19.2 Å². The van der Waals surface area contributed by atoms with E-state index in [9.17, 15) is 4.79 Å². The zero-order valence-corrected chi connectivity index (χ0v) is 9.25. The van der Waals surface area contributed by atoms with Crippen LogP contribution in [0.3, 0.4) is 0 Å². The fraction of sp³-hybridized carbons (Fsp3) is 0.167. The van der Waals surface area contributed by atoms with Gasteiger partial charge in [0.1, 0.15) is 5.75 Å². The van der Waals surface area contributed by atoms with Crippen molar-refractivity contribution in [3.63, 3.8) is 0 Å². The fourth-order valence-electron chi connectivity index (χ4n) is 1.32. The molecule has 5 heteroatoms. The van der Waals surface area contributed by atoms with E-state index in [0.717, 1.165) is 5.56 Å². The number of rotatable bonds is 5. The molecule has 0 amide bonds. The first-order chi connectivity index (χ1) is 8.33. The molecule has 0 N–H and O–H groups in total. The number of aldehydes is 1. The fourth-order valence-corrected chi connectivity index (χ4v) is 1.32. The van der Waals surface area contributed by atoms with Crippen molar-refractivity contribution >= 4 is 6.29 Å². The van der Waals surface area contributed by atoms with Crippen LogP contribution in [0.4, 0.5) is 0 Å². The van der Waals surface area contributed by atoms with Gasteiger partial charge in [-0.15, -0.1) is 0 Å². The second-order valence-corrected chi connectivity index (χ2v) is 3.26. The summed E-state index contributed by atoms with van der Waals surface area (Å²) in [4.78, 5) is 14.2. The Balaban J connectivity index is 2.14. The first kappa shape index (κ1) is 11.3. The number of carbonyl (C=O) groups excluding carboxylic acids is 1. The van der Waals surface area contributed by atoms with Gasteiger partial charge in [0, 0.05) is 12.7 Å². The van der Waals surface area contributed by atoms with Crippen LogP contribution in [0.25, 0.3) is 11.3 Å². The monoisotopic (exact) mass is 233 g/mol. The molecular formula is C12H11NO4. The summed E-state index contributed by atoms with van der Waals surface area (Å²) in [5.41, 5.74) is 0.829. The average Bonchev–Trinajstić information content (AvgIpc) is 2.86. The van der Waals surface area contributed by atoms with E-state index in [2.05, 4.69) is 4.98 Å². The van der Waals surface area contributed by atoms with E-state index < -0.39 is 0 Å². The normalized spacial score (nSPS) is 10.2. The van der Waals surface area contributed by atoms with E-state index in [0.29, 0.717) is 17.8 Å². The van der Waals surface area contributed by atoms with Crippen LogP contribution in [0.2, 0.25) is 0 Å². The van der Waals surface area contributed by atoms with Gasteiger partial charge in [-0.2, -0.15) is 0 Å². The molecule has 1 aromatic carbocycles. The minimum absolute atomic E-state index is 0.0692. The minimum Gasteiger partial charge on any atom is -0.468 e. The molecule has 88 valence electrons. The Labute approximate surface area is 98.0 Å². The van der Waals surface area contributed by atoms with Gasteiger partial charge >= 0.3 is 0 Å². The molecule has 0 radical (unpaired) electrons. The van der Waals surface area contributed by atoms with Crippen molar-refractivity contribution in [1.82, 2.24) is 4.98 Å². The van der Waals surface area contributed by atoms with Crippen LogP contribution in [-0.2, 0) is 4.74 Å². The number of hydrogen-bond acceptors (Lipinski definition) is 5. The number of ether oxygens (including phenoxy) is 2. The van der Waals surface area contributed by atoms with Gasteiger partial charge in [-0.05, 0) is 24.3 Å². The molecule has 0 unspecified atom stereocenters. The van der Waals surface area contributed by atoms with Crippen LogP contribution in [0, 0.1) is 0 Å². The second-order valence-electron chi connectivity index (χ2n) is 3.26. The molecule has 0 aliphatic carbocycles. The topological polar surface area (TPSA) is 61.6 Å². The van der Waals surface area contributed by atoms with Crippen molar-refractivity contribution in [2.24, 2.45) is 0 Å². The summed E-state index contributed by atoms with van der Waals surface area (Å²) in [6.45, 7) is 0.205. The molecule has 0 aliphatic heterocycles. The van der Waals surface area contributed by atoms with Gasteiger partial charge in [0.15, 0.2) is 12.6 Å². The zero-order chi connectivity index (χ0) is 12.1. The van der Waals surface area contributed by atoms with Crippen molar-refractivity contribution in [3.05, 3.63) is 36.4 Å². The Kier molecular flexibility index (Phi) is 3.52. The third-order valence-corrected chi connectivity index (χ3v) is 2.11. The Bertz CT molecular complexity index is 489. The maximum absolute atomic E-state index is 10.4. The summed E-state index contributed by atoms with van der Waals surface area (Å²) in [5.74, 6) is 1.32. The van der Waals surface area contributed by atoms with E-state index in [1.165, 1.54) is 6.20 Å². The van der Waals surface area contributed by atoms with Gasteiger partial charge in [0.05, 0.1) is 6.20 Å². The molecule has 0 bridgehead atoms. The largest absolute Gasteiger partial charge is 0.468 e. The molecule has 0 fully saturated rings. The molecule has 0 saturated carbocycles. The van der Waals surface area contributed by atoms with E-state index >= 15 is 0 Å². The maximum Gasteiger partial charge on any atom is 0.260 e. The number of oxazole rings is 1. The van der Waals surface area contributed by atoms with Gasteiger partial charge in [0.2, 0.25) is 6.29 Å². The van der Waals surface area contributed by atoms with E-state index in [-0.39, 0.29) is 12.7 Å². The lowest BCUT2D eigenvalue weighted by Gasteiger charge is -2.04. The number of nitrogens with zero attached hydrogens (tertiary/aromatic N) is 1. The Hall–Kier alpha value is -2.14. The highest BCUT2D eigenvalue weighted by Crippen LogP contribution is 2.22. The summed E-state index contributed by atoms with van der Waals surface area (Å²) in [6, 6.07) is 7.22. The molecule has 0 aliphatic rings. The summed E-state index contributed by atoms with van der Waals surface area (Å²) >= 11 is 0. The summed E-state index contributed by atoms with van der Waals surface area (Å²) in [5, 5.41) is 0. The molecule has 2 rings (SSSR count). The molecular weight excluding hydrogens is 222 g/mol. The van der Waals surface area contributed by atoms with Crippen molar-refractivity contribution in [2.45, 2.75) is 0 Å². The van der Waals surface area contributed by atoms with Crippen molar-refractivity contribution < 1.29 is 18.7 Å². The zero-order valence-electron chi connectivity index (χ0n) is 9.25. The SMILES string of the molecule is COCOc1ccc(-c2cnc(C=O)o2)cc1. The molecule has 0 atom stereocenters. The molecule has 1 aromatic heterocycles. The van der Waals surface area contributed by atoms with Gasteiger partial charge in [0.25, 0.3) is 5.89 Å². The first-order valence-corrected chi connectivity index (χ1v) is 4.96. The minimum atomic E-state index is 0.0692. The maximum atomic E-state index is 10.4. The van der Waals surface area contributed by atoms with Crippen molar-refractivity contribution in [1.29, 1.82) is 0 Å². The van der Waals surface area contributed by atoms with Gasteiger partial charge < -0.3 is 13.9 Å². The number of methoxy groups -OCH3 is 1. The average molecular weight is 233 g/mol. The third-order valence-electron chi connectivity index (χ3n) is 2.11. The molecule has 5 nitrogen and oxygen atoms in total. The lowest BCUT2D eigenvalue weighted by molar-refractivity contribution is 0.0511. The third kappa shape index (κ3) is 2.70. The molecule has 0 saturated heterocycles. The number of aromatic nitrogens is 1. The quantitative estimate of drug-likeness (QED) is 0.584. The molecule has 2 aromatic rings. The number of benzene rings is 1. The number of hydrogen-bond donors (Lipinski definition) is 0. The molecule has 0 spiro atoms. The standard InChI is InChI=1S/C12H11NO4/c1-15-8-16-10-4-2-9(3-5-10)11-6-13-12(7-14)17-11/h2-7H,8H2,1H3. The lowest BCUT2D eigenvalue weighted by Crippen LogP contribution is -1.98. The molecule has 1 heterocycles. The highest BCUT2D eigenvalue weighted by atomic mass is 16.7. The summed E-state index contributed by atoms with van der Waals surface area (Å²) < 4.78 is 15.2. The predicted molar refractivity (Wildman–Crippen MR) is 59.8 cm³/mol. The summed E-state index contributed by atoms with van der Waals surface area (Å²) in [7, 11) is 1.56. The van der Waals surface area contributed by atoms with E-state index in [4.69, 9.17) is 13.9 Å². The van der Waals surface area contributed by atoms with Crippen LogP contribution < -0.4 is 4.74 Å². The Morgan fingerprint density at radius 1 is 1.35 bits per heavy atom. The lowest BCUT2D eigenvalue weighted by atomic mass is 10.2. The number of carbonyl (C=O) groups is 1. The first-order valence-electron chi connectivity index (χ1n) is 4.96. The van der Waals surface area contributed by atoms with Crippen LogP contribution in [-0.4, -0.2) is 25.2 Å². The smallest absolute Gasteiger partial charge is 0.260 e.